The molecule has 0 fully saturated rings. The van der Waals surface area contributed by atoms with Crippen molar-refractivity contribution in [2.24, 2.45) is 0 Å². The van der Waals surface area contributed by atoms with E-state index in [1.807, 2.05) is 0 Å². The van der Waals surface area contributed by atoms with E-state index in [0.29, 0.717) is 17.1 Å². The molecule has 0 aliphatic rings. The number of nitrogens with zero attached hydrogens (tertiary/aromatic N) is 4. The van der Waals surface area contributed by atoms with Gasteiger partial charge in [-0.2, -0.15) is 9.97 Å². The molecule has 8 heteroatoms. The molecule has 2 aromatic heterocycles. The van der Waals surface area contributed by atoms with Gasteiger partial charge in [0.05, 0.1) is 7.11 Å². The smallest absolute Gasteiger partial charge is 0.259 e. The van der Waals surface area contributed by atoms with E-state index in [9.17, 15) is 4.39 Å². The number of anilines is 2. The van der Waals surface area contributed by atoms with E-state index in [2.05, 4.69) is 37.2 Å². The van der Waals surface area contributed by atoms with E-state index in [0.717, 1.165) is 25.7 Å². The van der Waals surface area contributed by atoms with E-state index in [1.54, 1.807) is 12.1 Å². The maximum absolute atomic E-state index is 14.2. The van der Waals surface area contributed by atoms with Gasteiger partial charge >= 0.3 is 0 Å². The highest BCUT2D eigenvalue weighted by atomic mass is 19.1. The van der Waals surface area contributed by atoms with Crippen molar-refractivity contribution in [3.8, 4) is 5.88 Å². The summed E-state index contributed by atoms with van der Waals surface area (Å²) in [6, 6.07) is 5.02. The second kappa shape index (κ2) is 7.20. The lowest BCUT2D eigenvalue weighted by Gasteiger charge is -2.10. The average Bonchev–Trinajstić information content (AvgIpc) is 3.03. The Kier molecular flexibility index (Phi) is 4.83. The Morgan fingerprint density at radius 1 is 1.17 bits per heavy atom. The molecule has 24 heavy (non-hydrogen) atoms. The number of aryl methyl sites for hydroxylation is 1. The fraction of sp³-hybridized carbons (Fsp3) is 0.375. The van der Waals surface area contributed by atoms with Crippen molar-refractivity contribution >= 4 is 22.8 Å². The van der Waals surface area contributed by atoms with Crippen LogP contribution >= 0.6 is 0 Å². The van der Waals surface area contributed by atoms with Gasteiger partial charge in [0, 0.05) is 5.69 Å². The number of aromatic nitrogens is 4. The molecule has 1 aromatic carbocycles. The summed E-state index contributed by atoms with van der Waals surface area (Å²) in [4.78, 5) is 8.36. The molecule has 0 aliphatic heterocycles. The summed E-state index contributed by atoms with van der Waals surface area (Å²) in [7, 11) is 1.46. The van der Waals surface area contributed by atoms with Crippen molar-refractivity contribution in [2.45, 2.75) is 32.6 Å². The number of ether oxygens (including phenoxy) is 1. The van der Waals surface area contributed by atoms with Gasteiger partial charge in [0.25, 0.3) is 5.88 Å². The van der Waals surface area contributed by atoms with Crippen molar-refractivity contribution < 1.29 is 13.8 Å². The molecule has 0 saturated heterocycles. The molecule has 0 atom stereocenters. The molecule has 0 aliphatic carbocycles. The molecule has 1 N–H and O–H groups in total. The van der Waals surface area contributed by atoms with Crippen LogP contribution in [-0.2, 0) is 6.42 Å². The van der Waals surface area contributed by atoms with Gasteiger partial charge in [0.15, 0.2) is 5.82 Å². The Bertz CT molecular complexity index is 836. The summed E-state index contributed by atoms with van der Waals surface area (Å²) in [6.07, 6.45) is 3.92. The minimum Gasteiger partial charge on any atom is -0.478 e. The summed E-state index contributed by atoms with van der Waals surface area (Å²) < 4.78 is 24.0. The van der Waals surface area contributed by atoms with Crippen molar-refractivity contribution in [1.29, 1.82) is 0 Å². The van der Waals surface area contributed by atoms with Crippen molar-refractivity contribution in [3.63, 3.8) is 0 Å². The molecule has 0 saturated carbocycles. The zero-order chi connectivity index (χ0) is 16.9. The van der Waals surface area contributed by atoms with Crippen LogP contribution in [0.25, 0.3) is 11.3 Å². The molecule has 3 aromatic rings. The highest BCUT2D eigenvalue weighted by Crippen LogP contribution is 2.26. The summed E-state index contributed by atoms with van der Waals surface area (Å²) in [5, 5.41) is 10.2. The maximum Gasteiger partial charge on any atom is 0.259 e. The fourth-order valence-corrected chi connectivity index (χ4v) is 2.38. The van der Waals surface area contributed by atoms with E-state index in [-0.39, 0.29) is 23.0 Å². The molecule has 2 heterocycles. The lowest BCUT2D eigenvalue weighted by Crippen LogP contribution is -2.01. The van der Waals surface area contributed by atoms with Crippen molar-refractivity contribution in [3.05, 3.63) is 29.6 Å². The Morgan fingerprint density at radius 3 is 2.67 bits per heavy atom. The number of methoxy groups -OCH3 is 1. The second-order valence-corrected chi connectivity index (χ2v) is 5.38. The Balaban J connectivity index is 1.81. The first-order chi connectivity index (χ1) is 11.7. The largest absolute Gasteiger partial charge is 0.478 e. The SMILES string of the molecule is CCCCCc1ccc(Nc2nc3nonc3nc2OC)cc1F. The van der Waals surface area contributed by atoms with Crippen LogP contribution in [-0.4, -0.2) is 27.4 Å². The van der Waals surface area contributed by atoms with Crippen LogP contribution in [0, 0.1) is 5.82 Å². The van der Waals surface area contributed by atoms with Gasteiger partial charge in [-0.15, -0.1) is 0 Å². The van der Waals surface area contributed by atoms with Crippen LogP contribution in [0.1, 0.15) is 31.7 Å². The first kappa shape index (κ1) is 16.1. The fourth-order valence-electron chi connectivity index (χ4n) is 2.38. The van der Waals surface area contributed by atoms with Gasteiger partial charge in [-0.1, -0.05) is 25.8 Å². The summed E-state index contributed by atoms with van der Waals surface area (Å²) in [6.45, 7) is 2.12. The van der Waals surface area contributed by atoms with Crippen LogP contribution < -0.4 is 10.1 Å². The Morgan fingerprint density at radius 2 is 1.96 bits per heavy atom. The van der Waals surface area contributed by atoms with Crippen molar-refractivity contribution in [1.82, 2.24) is 20.3 Å². The minimum atomic E-state index is -0.243. The summed E-state index contributed by atoms with van der Waals surface area (Å²) >= 11 is 0. The lowest BCUT2D eigenvalue weighted by atomic mass is 10.1. The summed E-state index contributed by atoms with van der Waals surface area (Å²) in [5.74, 6) is 0.302. The third-order valence-electron chi connectivity index (χ3n) is 3.64. The van der Waals surface area contributed by atoms with E-state index in [1.165, 1.54) is 13.2 Å². The first-order valence-electron chi connectivity index (χ1n) is 7.81. The van der Waals surface area contributed by atoms with Crippen LogP contribution in [0.2, 0.25) is 0 Å². The molecule has 3 rings (SSSR count). The number of nitrogens with one attached hydrogen (secondary N) is 1. The number of benzene rings is 1. The lowest BCUT2D eigenvalue weighted by molar-refractivity contribution is 0.313. The maximum atomic E-state index is 14.2. The minimum absolute atomic E-state index is 0.227. The standard InChI is InChI=1S/C16H18FN5O2/c1-3-4-5-6-10-7-8-11(9-12(10)17)18-15-16(23-2)20-14-13(19-15)21-24-22-14/h7-9H,3-6H2,1-2H3,(H,18,19,21). The van der Waals surface area contributed by atoms with Crippen LogP contribution in [0.15, 0.2) is 22.8 Å². The van der Waals surface area contributed by atoms with Gasteiger partial charge < -0.3 is 10.1 Å². The van der Waals surface area contributed by atoms with E-state index >= 15 is 0 Å². The average molecular weight is 331 g/mol. The topological polar surface area (TPSA) is 86.0 Å². The highest BCUT2D eigenvalue weighted by molar-refractivity contribution is 5.71. The molecular formula is C16H18FN5O2. The van der Waals surface area contributed by atoms with Crippen molar-refractivity contribution in [2.75, 3.05) is 12.4 Å². The highest BCUT2D eigenvalue weighted by Gasteiger charge is 2.14. The molecule has 0 amide bonds. The summed E-state index contributed by atoms with van der Waals surface area (Å²) in [5.41, 5.74) is 1.75. The quantitative estimate of drug-likeness (QED) is 0.661. The Labute approximate surface area is 138 Å². The van der Waals surface area contributed by atoms with Gasteiger partial charge in [-0.3, -0.25) is 0 Å². The molecule has 0 spiro atoms. The van der Waals surface area contributed by atoms with Gasteiger partial charge in [0.2, 0.25) is 11.3 Å². The predicted octanol–water partition coefficient (Wildman–Crippen LogP) is 3.64. The van der Waals surface area contributed by atoms with Gasteiger partial charge in [-0.25, -0.2) is 9.02 Å². The monoisotopic (exact) mass is 331 g/mol. The number of unbranched alkanes of at least 4 members (excludes halogenated alkanes) is 2. The number of rotatable bonds is 7. The third-order valence-corrected chi connectivity index (χ3v) is 3.64. The van der Waals surface area contributed by atoms with E-state index < -0.39 is 0 Å². The molecular weight excluding hydrogens is 313 g/mol. The van der Waals surface area contributed by atoms with Gasteiger partial charge in [0.1, 0.15) is 5.82 Å². The Hall–Kier alpha value is -2.77. The molecule has 126 valence electrons. The third kappa shape index (κ3) is 3.42. The van der Waals surface area contributed by atoms with Crippen LogP contribution in [0.5, 0.6) is 5.88 Å². The first-order valence-corrected chi connectivity index (χ1v) is 7.81. The number of hydrogen-bond donors (Lipinski definition) is 1. The van der Waals surface area contributed by atoms with Gasteiger partial charge in [-0.05, 0) is 40.9 Å². The molecule has 0 radical (unpaired) electrons. The zero-order valence-electron chi connectivity index (χ0n) is 13.5. The second-order valence-electron chi connectivity index (χ2n) is 5.38. The number of fused-ring (bicyclic) bond motifs is 1. The normalized spacial score (nSPS) is 11.0. The van der Waals surface area contributed by atoms with Crippen LogP contribution in [0.4, 0.5) is 15.9 Å². The number of hydrogen-bond acceptors (Lipinski definition) is 7. The number of halogens is 1. The zero-order valence-corrected chi connectivity index (χ0v) is 13.5. The van der Waals surface area contributed by atoms with Crippen LogP contribution in [0.3, 0.4) is 0 Å². The molecule has 7 nitrogen and oxygen atoms in total. The predicted molar refractivity (Wildman–Crippen MR) is 86.9 cm³/mol. The molecule has 0 bridgehead atoms. The molecule has 0 unspecified atom stereocenters. The van der Waals surface area contributed by atoms with E-state index in [4.69, 9.17) is 4.74 Å².